The molecule has 0 fully saturated rings. The molecule has 96 valence electrons. The summed E-state index contributed by atoms with van der Waals surface area (Å²) in [5.74, 6) is -1.43. The molecule has 0 amide bonds. The lowest BCUT2D eigenvalue weighted by Gasteiger charge is -2.09. The summed E-state index contributed by atoms with van der Waals surface area (Å²) in [5, 5.41) is 21.7. The molecule has 2 aromatic rings. The summed E-state index contributed by atoms with van der Waals surface area (Å²) < 4.78 is 0. The predicted molar refractivity (Wildman–Crippen MR) is 68.0 cm³/mol. The Hall–Kier alpha value is -2.34. The van der Waals surface area contributed by atoms with Crippen molar-refractivity contribution in [2.45, 2.75) is 9.79 Å². The Morgan fingerprint density at radius 1 is 1.11 bits per heavy atom. The van der Waals surface area contributed by atoms with Crippen molar-refractivity contribution in [2.75, 3.05) is 0 Å². The maximum atomic E-state index is 11.0. The van der Waals surface area contributed by atoms with Gasteiger partial charge in [0.15, 0.2) is 0 Å². The fourth-order valence-electron chi connectivity index (χ4n) is 1.50. The Labute approximate surface area is 113 Å². The van der Waals surface area contributed by atoms with E-state index in [0.717, 1.165) is 11.0 Å². The van der Waals surface area contributed by atoms with Crippen LogP contribution in [0.2, 0.25) is 0 Å². The molecule has 0 saturated heterocycles. The summed E-state index contributed by atoms with van der Waals surface area (Å²) in [6.07, 6.45) is 0. The normalized spacial score (nSPS) is 10.1. The number of nitro groups is 1. The van der Waals surface area contributed by atoms with Crippen LogP contribution < -0.4 is 5.11 Å². The van der Waals surface area contributed by atoms with Gasteiger partial charge in [0.25, 0.3) is 5.69 Å². The lowest BCUT2D eigenvalue weighted by Crippen LogP contribution is -2.23. The Bertz CT molecular complexity index is 628. The van der Waals surface area contributed by atoms with Gasteiger partial charge in [0.05, 0.1) is 10.9 Å². The summed E-state index contributed by atoms with van der Waals surface area (Å²) in [6, 6.07) is 12.9. The number of nitrogens with zero attached hydrogens (tertiary/aromatic N) is 1. The standard InChI is InChI=1S/C13H9NO4S/c15-13(16)11-8-9(14(17)18)6-7-12(11)19-10-4-2-1-3-5-10/h1-8H,(H,15,16)/p-1. The first-order valence-corrected chi connectivity index (χ1v) is 6.12. The fraction of sp³-hybridized carbons (Fsp3) is 0. The highest BCUT2D eigenvalue weighted by atomic mass is 32.2. The first kappa shape index (κ1) is 13.1. The Morgan fingerprint density at radius 2 is 1.79 bits per heavy atom. The molecular weight excluding hydrogens is 266 g/mol. The molecule has 0 aromatic heterocycles. The van der Waals surface area contributed by atoms with Gasteiger partial charge in [-0.3, -0.25) is 10.1 Å². The largest absolute Gasteiger partial charge is 0.545 e. The van der Waals surface area contributed by atoms with Gasteiger partial charge < -0.3 is 9.90 Å². The first-order chi connectivity index (χ1) is 9.08. The highest BCUT2D eigenvalue weighted by Crippen LogP contribution is 2.32. The van der Waals surface area contributed by atoms with Crippen LogP contribution in [0.4, 0.5) is 5.69 Å². The van der Waals surface area contributed by atoms with Gasteiger partial charge in [-0.05, 0) is 18.2 Å². The van der Waals surface area contributed by atoms with Gasteiger partial charge in [0.1, 0.15) is 0 Å². The summed E-state index contributed by atoms with van der Waals surface area (Å²) in [6.45, 7) is 0. The second-order valence-corrected chi connectivity index (χ2v) is 4.76. The van der Waals surface area contributed by atoms with Crippen molar-refractivity contribution in [1.29, 1.82) is 0 Å². The molecule has 19 heavy (non-hydrogen) atoms. The molecule has 0 aliphatic carbocycles. The van der Waals surface area contributed by atoms with Crippen molar-refractivity contribution >= 4 is 23.4 Å². The third-order valence-electron chi connectivity index (χ3n) is 2.36. The fourth-order valence-corrected chi connectivity index (χ4v) is 2.43. The number of rotatable bonds is 4. The molecule has 0 aliphatic heterocycles. The average molecular weight is 274 g/mol. The van der Waals surface area contributed by atoms with Gasteiger partial charge in [-0.25, -0.2) is 0 Å². The summed E-state index contributed by atoms with van der Waals surface area (Å²) in [5.41, 5.74) is -0.445. The van der Waals surface area contributed by atoms with Crippen LogP contribution in [-0.4, -0.2) is 10.9 Å². The van der Waals surface area contributed by atoms with E-state index in [1.165, 1.54) is 23.9 Å². The molecule has 0 saturated carbocycles. The number of carbonyl (C=O) groups is 1. The molecule has 0 N–H and O–H groups in total. The van der Waals surface area contributed by atoms with E-state index >= 15 is 0 Å². The number of hydrogen-bond acceptors (Lipinski definition) is 5. The topological polar surface area (TPSA) is 83.3 Å². The number of carboxylic acids is 1. The van der Waals surface area contributed by atoms with E-state index in [-0.39, 0.29) is 11.3 Å². The lowest BCUT2D eigenvalue weighted by atomic mass is 10.2. The highest BCUT2D eigenvalue weighted by molar-refractivity contribution is 7.99. The molecular formula is C13H8NO4S-. The third-order valence-corrected chi connectivity index (χ3v) is 3.45. The number of aromatic carboxylic acids is 1. The SMILES string of the molecule is O=C([O-])c1cc([N+](=O)[O-])ccc1Sc1ccccc1. The highest BCUT2D eigenvalue weighted by Gasteiger charge is 2.12. The quantitative estimate of drug-likeness (QED) is 0.629. The number of nitro benzene ring substituents is 1. The third kappa shape index (κ3) is 3.11. The minimum Gasteiger partial charge on any atom is -0.545 e. The van der Waals surface area contributed by atoms with Gasteiger partial charge in [-0.1, -0.05) is 30.0 Å². The van der Waals surface area contributed by atoms with Crippen LogP contribution in [-0.2, 0) is 0 Å². The first-order valence-electron chi connectivity index (χ1n) is 5.30. The Morgan fingerprint density at radius 3 is 2.37 bits per heavy atom. The maximum absolute atomic E-state index is 11.0. The second-order valence-electron chi connectivity index (χ2n) is 3.64. The molecule has 5 nitrogen and oxygen atoms in total. The maximum Gasteiger partial charge on any atom is 0.270 e. The summed E-state index contributed by atoms with van der Waals surface area (Å²) in [4.78, 5) is 22.3. The van der Waals surface area contributed by atoms with Crippen LogP contribution in [0.5, 0.6) is 0 Å². The van der Waals surface area contributed by atoms with Crippen LogP contribution in [0.3, 0.4) is 0 Å². The number of carbonyl (C=O) groups excluding carboxylic acids is 1. The average Bonchev–Trinajstić information content (AvgIpc) is 2.39. The van der Waals surface area contributed by atoms with E-state index in [2.05, 4.69) is 0 Å². The van der Waals surface area contributed by atoms with Crippen molar-refractivity contribution in [2.24, 2.45) is 0 Å². The smallest absolute Gasteiger partial charge is 0.270 e. The van der Waals surface area contributed by atoms with E-state index < -0.39 is 10.9 Å². The van der Waals surface area contributed by atoms with E-state index in [1.54, 1.807) is 0 Å². The predicted octanol–water partition coefficient (Wildman–Crippen LogP) is 2.11. The molecule has 2 aromatic carbocycles. The molecule has 2 rings (SSSR count). The zero-order valence-corrected chi connectivity index (χ0v) is 10.4. The Balaban J connectivity index is 2.40. The van der Waals surface area contributed by atoms with E-state index in [4.69, 9.17) is 0 Å². The number of hydrogen-bond donors (Lipinski definition) is 0. The minimum atomic E-state index is -1.43. The van der Waals surface area contributed by atoms with Crippen molar-refractivity contribution in [3.8, 4) is 0 Å². The summed E-state index contributed by atoms with van der Waals surface area (Å²) in [7, 11) is 0. The number of carboxylic acid groups (broad SMARTS) is 1. The molecule has 0 spiro atoms. The zero-order chi connectivity index (χ0) is 13.8. The van der Waals surface area contributed by atoms with E-state index in [9.17, 15) is 20.0 Å². The monoisotopic (exact) mass is 274 g/mol. The van der Waals surface area contributed by atoms with Gasteiger partial charge in [-0.15, -0.1) is 0 Å². The van der Waals surface area contributed by atoms with Crippen molar-refractivity contribution in [3.63, 3.8) is 0 Å². The second kappa shape index (κ2) is 5.53. The van der Waals surface area contributed by atoms with Gasteiger partial charge >= 0.3 is 0 Å². The number of benzene rings is 2. The lowest BCUT2D eigenvalue weighted by molar-refractivity contribution is -0.385. The minimum absolute atomic E-state index is 0.178. The molecule has 0 aliphatic rings. The van der Waals surface area contributed by atoms with Gasteiger partial charge in [0.2, 0.25) is 0 Å². The van der Waals surface area contributed by atoms with Crippen LogP contribution in [0.1, 0.15) is 10.4 Å². The summed E-state index contributed by atoms with van der Waals surface area (Å²) >= 11 is 1.22. The number of non-ortho nitro benzene ring substituents is 1. The zero-order valence-electron chi connectivity index (χ0n) is 9.61. The van der Waals surface area contributed by atoms with Crippen molar-refractivity contribution in [3.05, 3.63) is 64.2 Å². The van der Waals surface area contributed by atoms with Crippen LogP contribution in [0.15, 0.2) is 58.3 Å². The molecule has 0 heterocycles. The molecule has 0 radical (unpaired) electrons. The van der Waals surface area contributed by atoms with Gasteiger partial charge in [-0.2, -0.15) is 0 Å². The van der Waals surface area contributed by atoms with Crippen LogP contribution >= 0.6 is 11.8 Å². The molecule has 0 atom stereocenters. The molecule has 0 unspecified atom stereocenters. The van der Waals surface area contributed by atoms with Crippen LogP contribution in [0, 0.1) is 10.1 Å². The van der Waals surface area contributed by atoms with Gasteiger partial charge in [0, 0.05) is 27.5 Å². The van der Waals surface area contributed by atoms with E-state index in [0.29, 0.717) is 4.90 Å². The molecule has 6 heteroatoms. The van der Waals surface area contributed by atoms with Crippen molar-refractivity contribution < 1.29 is 14.8 Å². The molecule has 0 bridgehead atoms. The van der Waals surface area contributed by atoms with Crippen LogP contribution in [0.25, 0.3) is 0 Å². The van der Waals surface area contributed by atoms with Crippen molar-refractivity contribution in [1.82, 2.24) is 0 Å². The Kier molecular flexibility index (Phi) is 3.82. The van der Waals surface area contributed by atoms with E-state index in [1.807, 2.05) is 30.3 Å².